The molecule has 156 valence electrons. The Labute approximate surface area is 178 Å². The van der Waals surface area contributed by atoms with Crippen molar-refractivity contribution in [2.45, 2.75) is 25.5 Å². The third-order valence-electron chi connectivity index (χ3n) is 5.33. The van der Waals surface area contributed by atoms with Crippen LogP contribution in [-0.4, -0.2) is 37.9 Å². The average Bonchev–Trinajstić information content (AvgIpc) is 3.43. The lowest BCUT2D eigenvalue weighted by Crippen LogP contribution is -2.20. The second kappa shape index (κ2) is 8.16. The standard InChI is InChI=1S/C23H21N5O3/c29-22(25-16-6-4-10-24-12-16)19-14-27(13-18-9-5-11-31-18)15-20-21(19)26-28(23(20)30)17-7-2-1-3-8-17/h1-4,6-8,10,12,14-15,18H,5,9,11,13H2,(H,25,29)/t18-/m0/s1. The molecule has 0 aliphatic carbocycles. The third-order valence-corrected chi connectivity index (χ3v) is 5.33. The molecule has 31 heavy (non-hydrogen) atoms. The fraction of sp³-hybridized carbons (Fsp3) is 0.217. The summed E-state index contributed by atoms with van der Waals surface area (Å²) in [6.45, 7) is 1.31. The molecule has 1 aromatic carbocycles. The van der Waals surface area contributed by atoms with Crippen molar-refractivity contribution < 1.29 is 9.53 Å². The number of para-hydroxylation sites is 1. The van der Waals surface area contributed by atoms with Crippen molar-refractivity contribution in [3.63, 3.8) is 0 Å². The van der Waals surface area contributed by atoms with Crippen LogP contribution >= 0.6 is 0 Å². The molecule has 1 aromatic heterocycles. The summed E-state index contributed by atoms with van der Waals surface area (Å²) in [5.74, 6) is -0.350. The van der Waals surface area contributed by atoms with Gasteiger partial charge in [0.25, 0.3) is 11.5 Å². The largest absolute Gasteiger partial charge is 0.376 e. The maximum Gasteiger partial charge on any atom is 0.282 e. The van der Waals surface area contributed by atoms with E-state index >= 15 is 0 Å². The molecule has 1 atom stereocenters. The number of fused-ring (bicyclic) bond motifs is 1. The van der Waals surface area contributed by atoms with Gasteiger partial charge in [-0.25, -0.2) is 0 Å². The van der Waals surface area contributed by atoms with Crippen molar-refractivity contribution >= 4 is 11.6 Å². The molecule has 1 amide bonds. The summed E-state index contributed by atoms with van der Waals surface area (Å²) in [4.78, 5) is 30.3. The van der Waals surface area contributed by atoms with Crippen LogP contribution in [0.1, 0.15) is 23.2 Å². The number of amides is 1. The number of hydrogen-bond acceptors (Lipinski definition) is 5. The van der Waals surface area contributed by atoms with E-state index in [1.165, 1.54) is 4.68 Å². The maximum absolute atomic E-state index is 13.2. The van der Waals surface area contributed by atoms with Gasteiger partial charge in [0.2, 0.25) is 0 Å². The molecule has 0 radical (unpaired) electrons. The monoisotopic (exact) mass is 415 g/mol. The Kier molecular flexibility index (Phi) is 5.05. The van der Waals surface area contributed by atoms with Crippen molar-refractivity contribution in [1.82, 2.24) is 19.3 Å². The summed E-state index contributed by atoms with van der Waals surface area (Å²) < 4.78 is 8.93. The van der Waals surface area contributed by atoms with Crippen LogP contribution in [-0.2, 0) is 11.3 Å². The van der Waals surface area contributed by atoms with Crippen LogP contribution in [0.4, 0.5) is 5.69 Å². The minimum atomic E-state index is -0.350. The van der Waals surface area contributed by atoms with E-state index in [-0.39, 0.29) is 17.6 Å². The third kappa shape index (κ3) is 3.85. The van der Waals surface area contributed by atoms with E-state index in [2.05, 4.69) is 15.4 Å². The predicted octanol–water partition coefficient (Wildman–Crippen LogP) is 2.97. The molecular formula is C23H21N5O3. The number of nitrogens with zero attached hydrogens (tertiary/aromatic N) is 4. The zero-order chi connectivity index (χ0) is 21.2. The van der Waals surface area contributed by atoms with Gasteiger partial charge in [-0.15, -0.1) is 0 Å². The molecule has 2 aromatic rings. The second-order valence-corrected chi connectivity index (χ2v) is 7.51. The summed E-state index contributed by atoms with van der Waals surface area (Å²) in [5.41, 5.74) is 2.02. The van der Waals surface area contributed by atoms with Crippen LogP contribution in [0.2, 0.25) is 0 Å². The molecule has 3 aliphatic rings. The summed E-state index contributed by atoms with van der Waals surface area (Å²) in [5, 5.41) is 7.34. The van der Waals surface area contributed by atoms with E-state index < -0.39 is 0 Å². The van der Waals surface area contributed by atoms with Gasteiger partial charge in [-0.3, -0.25) is 14.6 Å². The Hall–Kier alpha value is -3.78. The van der Waals surface area contributed by atoms with E-state index in [1.54, 1.807) is 36.9 Å². The Morgan fingerprint density at radius 2 is 2.03 bits per heavy atom. The van der Waals surface area contributed by atoms with Crippen molar-refractivity contribution in [2.24, 2.45) is 0 Å². The molecule has 1 saturated heterocycles. The minimum absolute atomic E-state index is 0.0657. The lowest BCUT2D eigenvalue weighted by Gasteiger charge is -2.16. The van der Waals surface area contributed by atoms with Crippen molar-refractivity contribution in [3.05, 3.63) is 83.2 Å². The van der Waals surface area contributed by atoms with E-state index in [0.29, 0.717) is 34.7 Å². The predicted molar refractivity (Wildman–Crippen MR) is 116 cm³/mol. The number of anilines is 1. The van der Waals surface area contributed by atoms with Gasteiger partial charge in [-0.1, -0.05) is 18.2 Å². The highest BCUT2D eigenvalue weighted by atomic mass is 16.5. The Morgan fingerprint density at radius 1 is 1.16 bits per heavy atom. The van der Waals surface area contributed by atoms with Crippen LogP contribution in [0, 0.1) is 0 Å². The fourth-order valence-corrected chi connectivity index (χ4v) is 3.83. The maximum atomic E-state index is 13.2. The first-order valence-corrected chi connectivity index (χ1v) is 10.2. The number of nitrogens with one attached hydrogen (secondary N) is 1. The minimum Gasteiger partial charge on any atom is -0.376 e. The summed E-state index contributed by atoms with van der Waals surface area (Å²) in [6, 6.07) is 12.7. The number of ether oxygens (including phenoxy) is 1. The first kappa shape index (κ1) is 19.2. The highest BCUT2D eigenvalue weighted by molar-refractivity contribution is 6.08. The van der Waals surface area contributed by atoms with Gasteiger partial charge >= 0.3 is 0 Å². The average molecular weight is 415 g/mol. The van der Waals surface area contributed by atoms with Crippen LogP contribution in [0.25, 0.3) is 16.9 Å². The zero-order valence-corrected chi connectivity index (χ0v) is 16.8. The van der Waals surface area contributed by atoms with Crippen LogP contribution < -0.4 is 10.9 Å². The van der Waals surface area contributed by atoms with Gasteiger partial charge in [0.05, 0.1) is 34.8 Å². The van der Waals surface area contributed by atoms with Crippen LogP contribution in [0.15, 0.2) is 72.0 Å². The first-order valence-electron chi connectivity index (χ1n) is 10.2. The van der Waals surface area contributed by atoms with E-state index in [0.717, 1.165) is 19.4 Å². The number of benzene rings is 1. The van der Waals surface area contributed by atoms with E-state index in [1.807, 2.05) is 34.9 Å². The lowest BCUT2D eigenvalue weighted by molar-refractivity contribution is 0.0961. The topological polar surface area (TPSA) is 91.0 Å². The van der Waals surface area contributed by atoms with Crippen molar-refractivity contribution in [1.29, 1.82) is 0 Å². The molecule has 0 bridgehead atoms. The SMILES string of the molecule is O=C(Nc1cccnc1)c1cn(C[C@@H]2CCCO2)cc2c(=O)n(-c3ccccc3)nc1-2. The quantitative estimate of drug-likeness (QED) is 0.541. The number of carbonyl (C=O) groups is 1. The number of rotatable bonds is 5. The van der Waals surface area contributed by atoms with Crippen molar-refractivity contribution in [2.75, 3.05) is 11.9 Å². The molecule has 5 rings (SSSR count). The molecular weight excluding hydrogens is 394 g/mol. The zero-order valence-electron chi connectivity index (χ0n) is 16.8. The van der Waals surface area contributed by atoms with Gasteiger partial charge in [0.15, 0.2) is 0 Å². The lowest BCUT2D eigenvalue weighted by atomic mass is 10.1. The van der Waals surface area contributed by atoms with Gasteiger partial charge in [0.1, 0.15) is 5.69 Å². The molecule has 3 aliphatic heterocycles. The van der Waals surface area contributed by atoms with Gasteiger partial charge in [-0.05, 0) is 37.1 Å². The first-order chi connectivity index (χ1) is 15.2. The smallest absolute Gasteiger partial charge is 0.282 e. The number of pyridine rings is 2. The van der Waals surface area contributed by atoms with Crippen LogP contribution in [0.3, 0.4) is 0 Å². The molecule has 0 saturated carbocycles. The van der Waals surface area contributed by atoms with Gasteiger partial charge in [0, 0.05) is 31.7 Å². The van der Waals surface area contributed by atoms with E-state index in [4.69, 9.17) is 4.74 Å². The normalized spacial score (nSPS) is 15.9. The summed E-state index contributed by atoms with van der Waals surface area (Å²) >= 11 is 0. The second-order valence-electron chi connectivity index (χ2n) is 7.51. The van der Waals surface area contributed by atoms with Gasteiger partial charge < -0.3 is 14.6 Å². The molecule has 1 fully saturated rings. The van der Waals surface area contributed by atoms with Crippen LogP contribution in [0.5, 0.6) is 0 Å². The Bertz CT molecular complexity index is 1230. The Morgan fingerprint density at radius 3 is 2.77 bits per heavy atom. The van der Waals surface area contributed by atoms with E-state index in [9.17, 15) is 9.59 Å². The van der Waals surface area contributed by atoms with Crippen molar-refractivity contribution in [3.8, 4) is 16.9 Å². The highest BCUT2D eigenvalue weighted by Gasteiger charge is 2.26. The van der Waals surface area contributed by atoms with Gasteiger partial charge in [-0.2, -0.15) is 9.78 Å². The number of carbonyl (C=O) groups excluding carboxylic acids is 1. The Balaban J connectivity index is 1.60. The molecule has 1 N–H and O–H groups in total. The molecule has 4 heterocycles. The highest BCUT2D eigenvalue weighted by Crippen LogP contribution is 2.24. The molecule has 0 spiro atoms. The number of hydrogen-bond donors (Lipinski definition) is 1. The summed E-state index contributed by atoms with van der Waals surface area (Å²) in [6.07, 6.45) is 8.73. The fourth-order valence-electron chi connectivity index (χ4n) is 3.83. The molecule has 8 nitrogen and oxygen atoms in total. The summed E-state index contributed by atoms with van der Waals surface area (Å²) in [7, 11) is 0. The molecule has 8 heteroatoms. The molecule has 0 unspecified atom stereocenters. The number of aromatic nitrogens is 4.